The second-order valence-corrected chi connectivity index (χ2v) is 10.4. The lowest BCUT2D eigenvalue weighted by Gasteiger charge is -2.37. The van der Waals surface area contributed by atoms with Gasteiger partial charge in [0.1, 0.15) is 18.0 Å². The predicted octanol–water partition coefficient (Wildman–Crippen LogP) is 3.56. The van der Waals surface area contributed by atoms with Gasteiger partial charge in [0.2, 0.25) is 5.91 Å². The minimum atomic E-state index is -3.97. The molecule has 1 saturated heterocycles. The number of aryl methyl sites for hydroxylation is 1. The van der Waals surface area contributed by atoms with Crippen LogP contribution in [0, 0.1) is 6.92 Å². The molecule has 8 nitrogen and oxygen atoms in total. The van der Waals surface area contributed by atoms with Gasteiger partial charge in [0.05, 0.1) is 30.5 Å². The number of rotatable bonds is 8. The van der Waals surface area contributed by atoms with Gasteiger partial charge in [0.15, 0.2) is 0 Å². The van der Waals surface area contributed by atoms with Crippen molar-refractivity contribution in [3.05, 3.63) is 78.4 Å². The molecule has 36 heavy (non-hydrogen) atoms. The summed E-state index contributed by atoms with van der Waals surface area (Å²) in [7, 11) is -0.783. The minimum Gasteiger partial charge on any atom is -0.497 e. The van der Waals surface area contributed by atoms with E-state index in [1.165, 1.54) is 4.31 Å². The van der Waals surface area contributed by atoms with Gasteiger partial charge < -0.3 is 19.3 Å². The number of hydrogen-bond donors (Lipinski definition) is 0. The molecule has 190 valence electrons. The van der Waals surface area contributed by atoms with Crippen LogP contribution in [0.4, 0.5) is 11.4 Å². The number of nitrogens with zero attached hydrogens (tertiary/aromatic N) is 3. The molecule has 1 aliphatic heterocycles. The summed E-state index contributed by atoms with van der Waals surface area (Å²) >= 11 is 0. The lowest BCUT2D eigenvalue weighted by molar-refractivity contribution is -0.129. The summed E-state index contributed by atoms with van der Waals surface area (Å²) in [5.74, 6) is 1.14. The maximum Gasteiger partial charge on any atom is 0.264 e. The van der Waals surface area contributed by atoms with E-state index in [-0.39, 0.29) is 17.3 Å². The number of ether oxygens (including phenoxy) is 2. The zero-order valence-corrected chi connectivity index (χ0v) is 21.6. The average molecular weight is 510 g/mol. The van der Waals surface area contributed by atoms with Gasteiger partial charge in [-0.3, -0.25) is 9.10 Å². The van der Waals surface area contributed by atoms with Crippen molar-refractivity contribution in [2.24, 2.45) is 0 Å². The summed E-state index contributed by atoms with van der Waals surface area (Å²) in [6.45, 7) is 3.82. The van der Waals surface area contributed by atoms with Gasteiger partial charge in [0, 0.05) is 26.2 Å². The van der Waals surface area contributed by atoms with Crippen molar-refractivity contribution in [3.8, 4) is 11.5 Å². The molecule has 1 heterocycles. The lowest BCUT2D eigenvalue weighted by Crippen LogP contribution is -2.52. The molecule has 0 atom stereocenters. The Morgan fingerprint density at radius 2 is 1.50 bits per heavy atom. The van der Waals surface area contributed by atoms with Crippen LogP contribution >= 0.6 is 0 Å². The van der Waals surface area contributed by atoms with Gasteiger partial charge in [-0.1, -0.05) is 29.8 Å². The van der Waals surface area contributed by atoms with Crippen LogP contribution in [0.1, 0.15) is 5.56 Å². The van der Waals surface area contributed by atoms with Crippen molar-refractivity contribution in [2.75, 3.05) is 56.1 Å². The number of carbonyl (C=O) groups is 1. The highest BCUT2D eigenvalue weighted by Gasteiger charge is 2.30. The maximum atomic E-state index is 13.6. The molecule has 1 fully saturated rings. The average Bonchev–Trinajstić information content (AvgIpc) is 2.92. The molecule has 0 bridgehead atoms. The Morgan fingerprint density at radius 3 is 2.11 bits per heavy atom. The third kappa shape index (κ3) is 5.41. The fraction of sp³-hybridized carbons (Fsp3) is 0.296. The van der Waals surface area contributed by atoms with E-state index >= 15 is 0 Å². The quantitative estimate of drug-likeness (QED) is 0.462. The van der Waals surface area contributed by atoms with Crippen molar-refractivity contribution in [2.45, 2.75) is 11.8 Å². The highest BCUT2D eigenvalue weighted by atomic mass is 32.2. The van der Waals surface area contributed by atoms with Crippen molar-refractivity contribution in [1.29, 1.82) is 0 Å². The number of carbonyl (C=O) groups excluding carboxylic acids is 1. The van der Waals surface area contributed by atoms with Crippen LogP contribution in [-0.4, -0.2) is 66.2 Å². The number of para-hydroxylation sites is 2. The van der Waals surface area contributed by atoms with Crippen molar-refractivity contribution in [1.82, 2.24) is 4.90 Å². The zero-order chi connectivity index (χ0) is 25.7. The first kappa shape index (κ1) is 25.4. The van der Waals surface area contributed by atoms with E-state index in [4.69, 9.17) is 9.47 Å². The topological polar surface area (TPSA) is 79.4 Å². The summed E-state index contributed by atoms with van der Waals surface area (Å²) in [5.41, 5.74) is 2.33. The predicted molar refractivity (Wildman–Crippen MR) is 140 cm³/mol. The standard InChI is InChI=1S/C27H31N3O5S/c1-21-8-14-24(15-9-21)36(32,33)30(22-10-12-23(34-2)13-11-22)20-27(31)29-18-16-28(17-19-29)25-6-4-5-7-26(25)35-3/h4-15H,16-20H2,1-3H3. The first-order chi connectivity index (χ1) is 17.3. The number of methoxy groups -OCH3 is 2. The van der Waals surface area contributed by atoms with Gasteiger partial charge in [-0.15, -0.1) is 0 Å². The molecule has 0 spiro atoms. The number of sulfonamides is 1. The normalized spacial score (nSPS) is 13.9. The van der Waals surface area contributed by atoms with Crippen LogP contribution < -0.4 is 18.7 Å². The Labute approximate surface area is 212 Å². The van der Waals surface area contributed by atoms with E-state index in [0.717, 1.165) is 17.0 Å². The molecule has 0 aliphatic carbocycles. The molecule has 4 rings (SSSR count). The number of amides is 1. The summed E-state index contributed by atoms with van der Waals surface area (Å²) < 4.78 is 39.1. The van der Waals surface area contributed by atoms with Gasteiger partial charge in [-0.2, -0.15) is 0 Å². The fourth-order valence-corrected chi connectivity index (χ4v) is 5.63. The smallest absolute Gasteiger partial charge is 0.264 e. The van der Waals surface area contributed by atoms with E-state index in [9.17, 15) is 13.2 Å². The Morgan fingerprint density at radius 1 is 0.861 bits per heavy atom. The summed E-state index contributed by atoms with van der Waals surface area (Å²) in [4.78, 5) is 17.4. The van der Waals surface area contributed by atoms with E-state index in [0.29, 0.717) is 37.6 Å². The Bertz CT molecular complexity index is 1290. The molecule has 3 aromatic rings. The van der Waals surface area contributed by atoms with Crippen LogP contribution in [0.3, 0.4) is 0 Å². The molecule has 9 heteroatoms. The zero-order valence-electron chi connectivity index (χ0n) is 20.8. The summed E-state index contributed by atoms with van der Waals surface area (Å²) in [6, 6.07) is 21.1. The second kappa shape index (κ2) is 10.9. The van der Waals surface area contributed by atoms with Gasteiger partial charge in [-0.05, 0) is 55.5 Å². The monoisotopic (exact) mass is 509 g/mol. The van der Waals surface area contributed by atoms with Crippen LogP contribution in [0.25, 0.3) is 0 Å². The lowest BCUT2D eigenvalue weighted by atomic mass is 10.2. The highest BCUT2D eigenvalue weighted by molar-refractivity contribution is 7.92. The highest BCUT2D eigenvalue weighted by Crippen LogP contribution is 2.29. The summed E-state index contributed by atoms with van der Waals surface area (Å²) in [6.07, 6.45) is 0. The van der Waals surface area contributed by atoms with Gasteiger partial charge in [-0.25, -0.2) is 8.42 Å². The molecule has 0 aromatic heterocycles. The molecule has 0 saturated carbocycles. The molecule has 3 aromatic carbocycles. The van der Waals surface area contributed by atoms with Crippen molar-refractivity contribution in [3.63, 3.8) is 0 Å². The van der Waals surface area contributed by atoms with Crippen molar-refractivity contribution < 1.29 is 22.7 Å². The third-order valence-corrected chi connectivity index (χ3v) is 8.09. The van der Waals surface area contributed by atoms with Crippen molar-refractivity contribution >= 4 is 27.3 Å². The van der Waals surface area contributed by atoms with E-state index in [1.807, 2.05) is 31.2 Å². The van der Waals surface area contributed by atoms with Crippen LogP contribution in [0.2, 0.25) is 0 Å². The van der Waals surface area contributed by atoms with E-state index in [1.54, 1.807) is 67.7 Å². The molecule has 1 aliphatic rings. The van der Waals surface area contributed by atoms with Gasteiger partial charge in [0.25, 0.3) is 10.0 Å². The fourth-order valence-electron chi connectivity index (χ4n) is 4.21. The first-order valence-electron chi connectivity index (χ1n) is 11.7. The van der Waals surface area contributed by atoms with E-state index in [2.05, 4.69) is 4.90 Å². The Balaban J connectivity index is 1.54. The number of anilines is 2. The van der Waals surface area contributed by atoms with E-state index < -0.39 is 10.0 Å². The van der Waals surface area contributed by atoms with Crippen LogP contribution in [0.15, 0.2) is 77.7 Å². The second-order valence-electron chi connectivity index (χ2n) is 8.56. The maximum absolute atomic E-state index is 13.6. The molecule has 0 unspecified atom stereocenters. The van der Waals surface area contributed by atoms with Gasteiger partial charge >= 0.3 is 0 Å². The molecular formula is C27H31N3O5S. The first-order valence-corrected chi connectivity index (χ1v) is 13.2. The Hall–Kier alpha value is -3.72. The molecule has 1 amide bonds. The molecule has 0 N–H and O–H groups in total. The number of piperazine rings is 1. The molecule has 0 radical (unpaired) electrons. The third-order valence-electron chi connectivity index (χ3n) is 6.31. The minimum absolute atomic E-state index is 0.137. The number of benzene rings is 3. The molecular weight excluding hydrogens is 478 g/mol. The van der Waals surface area contributed by atoms with Crippen LogP contribution in [-0.2, 0) is 14.8 Å². The largest absolute Gasteiger partial charge is 0.497 e. The number of hydrogen-bond acceptors (Lipinski definition) is 6. The Kier molecular flexibility index (Phi) is 7.69. The van der Waals surface area contributed by atoms with Crippen LogP contribution in [0.5, 0.6) is 11.5 Å². The summed E-state index contributed by atoms with van der Waals surface area (Å²) in [5, 5.41) is 0. The SMILES string of the molecule is COc1ccc(N(CC(=O)N2CCN(c3ccccc3OC)CC2)S(=O)(=O)c2ccc(C)cc2)cc1.